The first kappa shape index (κ1) is 43.5. The minimum absolute atomic E-state index is 0.119. The Bertz CT molecular complexity index is 2600. The van der Waals surface area contributed by atoms with Crippen molar-refractivity contribution in [3.05, 3.63) is 90.3 Å². The van der Waals surface area contributed by atoms with Crippen LogP contribution in [0, 0.1) is 20.8 Å². The Balaban J connectivity index is 0.000000236. The average molecular weight is 827 g/mol. The lowest BCUT2D eigenvalue weighted by molar-refractivity contribution is -0.651. The Morgan fingerprint density at radius 1 is 0.673 bits per heavy atom. The molecule has 0 unspecified atom stereocenters. The Morgan fingerprint density at radius 3 is 1.56 bits per heavy atom. The molecule has 0 spiro atoms. The second kappa shape index (κ2) is 16.3. The van der Waals surface area contributed by atoms with E-state index in [0.29, 0.717) is 30.3 Å². The molecule has 0 atom stereocenters. The van der Waals surface area contributed by atoms with Crippen LogP contribution in [0.25, 0.3) is 33.1 Å². The molecule has 0 amide bonds. The van der Waals surface area contributed by atoms with Crippen molar-refractivity contribution < 1.29 is 71.5 Å². The van der Waals surface area contributed by atoms with Gasteiger partial charge in [-0.3, -0.25) is 0 Å². The van der Waals surface area contributed by atoms with E-state index in [1.807, 2.05) is 31.2 Å². The Kier molecular flexibility index (Phi) is 13.7. The van der Waals surface area contributed by atoms with Gasteiger partial charge in [-0.25, -0.2) is 23.0 Å². The molecule has 3 aromatic heterocycles. The van der Waals surface area contributed by atoms with Crippen LogP contribution in [0.1, 0.15) is 17.5 Å². The number of imidazole rings is 3. The summed E-state index contributed by atoms with van der Waals surface area (Å²) in [6.45, 7) is 4.95. The SMILES string of the molecule is Cc1n(S(=O)(=O)F)c2ccccc2[n+]1C.Cc1nc2ccccc2[nH]1.Cc1nc2ccccc2n1S(=O)(=O)F.O=S(=O)(F)F.O=S(=O)([O-])C(F)(F)F. The smallest absolute Gasteiger partial charge is 0.485 e. The fourth-order valence-electron chi connectivity index (χ4n) is 4.16. The van der Waals surface area contributed by atoms with Gasteiger partial charge in [-0.15, -0.1) is 0 Å². The van der Waals surface area contributed by atoms with Crippen LogP contribution < -0.4 is 4.57 Å². The van der Waals surface area contributed by atoms with Crippen molar-refractivity contribution in [1.82, 2.24) is 22.9 Å². The number of hydrogen-bond donors (Lipinski definition) is 1. The van der Waals surface area contributed by atoms with E-state index in [1.165, 1.54) is 13.0 Å². The molecule has 0 fully saturated rings. The molecule has 0 aliphatic heterocycles. The second-order valence-electron chi connectivity index (χ2n) is 9.77. The zero-order valence-corrected chi connectivity index (χ0v) is 29.9. The van der Waals surface area contributed by atoms with E-state index >= 15 is 0 Å². The molecular weight excluding hydrogens is 802 g/mol. The first-order chi connectivity index (χ1) is 23.5. The number of rotatable bonds is 2. The molecule has 1 N–H and O–H groups in total. The van der Waals surface area contributed by atoms with E-state index < -0.39 is 47.1 Å². The maximum absolute atomic E-state index is 13.0. The predicted molar refractivity (Wildman–Crippen MR) is 171 cm³/mol. The third-order valence-electron chi connectivity index (χ3n) is 6.15. The number of aryl methyl sites for hydroxylation is 3. The number of benzene rings is 3. The van der Waals surface area contributed by atoms with Crippen molar-refractivity contribution in [3.63, 3.8) is 0 Å². The highest BCUT2D eigenvalue weighted by atomic mass is 32.3. The van der Waals surface area contributed by atoms with Crippen molar-refractivity contribution in [1.29, 1.82) is 0 Å². The van der Waals surface area contributed by atoms with E-state index in [9.17, 15) is 45.5 Å². The van der Waals surface area contributed by atoms with Gasteiger partial charge in [-0.05, 0) is 50.2 Å². The normalized spacial score (nSPS) is 12.1. The molecule has 52 heavy (non-hydrogen) atoms. The van der Waals surface area contributed by atoms with Crippen molar-refractivity contribution in [3.8, 4) is 0 Å². The summed E-state index contributed by atoms with van der Waals surface area (Å²) in [5, 5.41) is 0. The van der Waals surface area contributed by atoms with Crippen molar-refractivity contribution >= 4 is 74.6 Å². The van der Waals surface area contributed by atoms with Gasteiger partial charge in [-0.1, -0.05) is 55.9 Å². The number of fused-ring (bicyclic) bond motifs is 3. The molecule has 3 heterocycles. The van der Waals surface area contributed by atoms with Crippen LogP contribution in [-0.4, -0.2) is 66.6 Å². The zero-order valence-electron chi connectivity index (χ0n) is 26.6. The lowest BCUT2D eigenvalue weighted by Gasteiger charge is -2.08. The first-order valence-electron chi connectivity index (χ1n) is 13.4. The van der Waals surface area contributed by atoms with Crippen LogP contribution in [0.5, 0.6) is 0 Å². The summed E-state index contributed by atoms with van der Waals surface area (Å²) in [6.07, 6.45) is 0. The summed E-state index contributed by atoms with van der Waals surface area (Å²) in [4.78, 5) is 11.3. The van der Waals surface area contributed by atoms with Crippen LogP contribution in [0.3, 0.4) is 0 Å². The highest BCUT2D eigenvalue weighted by molar-refractivity contribution is 7.86. The zero-order chi connectivity index (χ0) is 40.0. The monoisotopic (exact) mass is 826 g/mol. The van der Waals surface area contributed by atoms with Gasteiger partial charge in [0.15, 0.2) is 21.2 Å². The lowest BCUT2D eigenvalue weighted by Crippen LogP contribution is -2.31. The summed E-state index contributed by atoms with van der Waals surface area (Å²) in [7, 11) is -19.6. The van der Waals surface area contributed by atoms with Crippen LogP contribution in [0.15, 0.2) is 72.8 Å². The summed E-state index contributed by atoms with van der Waals surface area (Å²) in [5.74, 6) is 1.42. The second-order valence-corrected chi connectivity index (χ2v) is 14.3. The minimum atomic E-state index is -6.09. The lowest BCUT2D eigenvalue weighted by atomic mass is 10.3. The van der Waals surface area contributed by atoms with Gasteiger partial charge in [-0.2, -0.15) is 42.4 Å². The fraction of sp³-hybridized carbons (Fsp3) is 0.192. The molecule has 0 radical (unpaired) electrons. The van der Waals surface area contributed by atoms with Crippen LogP contribution >= 0.6 is 0 Å². The summed E-state index contributed by atoms with van der Waals surface area (Å²) in [5.41, 5.74) is -1.75. The maximum atomic E-state index is 13.0. The molecule has 286 valence electrons. The highest BCUT2D eigenvalue weighted by Crippen LogP contribution is 2.21. The number of para-hydroxylation sites is 6. The van der Waals surface area contributed by atoms with E-state index in [0.717, 1.165) is 16.9 Å². The van der Waals surface area contributed by atoms with Gasteiger partial charge in [0.1, 0.15) is 11.6 Å². The van der Waals surface area contributed by atoms with E-state index in [1.54, 1.807) is 61.0 Å². The van der Waals surface area contributed by atoms with Crippen molar-refractivity contribution in [2.45, 2.75) is 26.3 Å². The molecule has 0 aliphatic rings. The maximum Gasteiger partial charge on any atom is 0.485 e. The minimum Gasteiger partial charge on any atom is -0.741 e. The Hall–Kier alpha value is -4.66. The topological polar surface area (TPSA) is 215 Å². The Morgan fingerprint density at radius 2 is 1.10 bits per heavy atom. The molecule has 3 aromatic carbocycles. The molecule has 0 saturated carbocycles. The molecule has 6 aromatic rings. The van der Waals surface area contributed by atoms with Crippen LogP contribution in [0.4, 0.5) is 28.7 Å². The van der Waals surface area contributed by atoms with Gasteiger partial charge >= 0.3 is 36.9 Å². The number of halogens is 7. The van der Waals surface area contributed by atoms with Crippen molar-refractivity contribution in [2.75, 3.05) is 0 Å². The van der Waals surface area contributed by atoms with E-state index in [-0.39, 0.29) is 11.3 Å². The Labute approximate surface area is 291 Å². The molecule has 0 aliphatic carbocycles. The van der Waals surface area contributed by atoms with Gasteiger partial charge in [0.2, 0.25) is 0 Å². The number of alkyl halides is 3. The molecule has 15 nitrogen and oxygen atoms in total. The molecule has 0 bridgehead atoms. The van der Waals surface area contributed by atoms with Crippen molar-refractivity contribution in [2.24, 2.45) is 7.05 Å². The standard InChI is InChI=1S/C9H10FN2O2S.C8H7FN2O2S.C8H8N2.CHF3O3S.F2O2S/c1-7-11(2)8-5-3-4-6-9(8)12(7)15(10,13)14;1-6-10-7-4-2-3-5-8(7)11(6)14(9,12)13;1-6-9-7-4-2-3-5-8(7)10-6;2-1(3,4)8(5,6)7;1-5(2,3)4/h3-6H,1-2H3;2-5H,1H3;2-5H,1H3,(H,9,10);(H,5,6,7);/q+1;;;;/p-1. The quantitative estimate of drug-likeness (QED) is 0.0852. The van der Waals surface area contributed by atoms with E-state index in [4.69, 9.17) is 21.4 Å². The molecular formula is C26H25F7N6O9S4. The highest BCUT2D eigenvalue weighted by Gasteiger charge is 2.37. The predicted octanol–water partition coefficient (Wildman–Crippen LogP) is 4.34. The number of H-pyrrole nitrogens is 1. The molecule has 0 saturated heterocycles. The van der Waals surface area contributed by atoms with Crippen LogP contribution in [0.2, 0.25) is 0 Å². The summed E-state index contributed by atoms with van der Waals surface area (Å²) >= 11 is 0. The fourth-order valence-corrected chi connectivity index (χ4v) is 5.73. The van der Waals surface area contributed by atoms with Crippen LogP contribution in [-0.2, 0) is 48.6 Å². The molecule has 6 rings (SSSR count). The average Bonchev–Trinajstić information content (AvgIpc) is 3.61. The largest absolute Gasteiger partial charge is 0.741 e. The number of hydrogen-bond acceptors (Lipinski definition) is 11. The van der Waals surface area contributed by atoms with Gasteiger partial charge in [0, 0.05) is 6.92 Å². The molecule has 26 heteroatoms. The van der Waals surface area contributed by atoms with Gasteiger partial charge in [0.25, 0.3) is 5.82 Å². The summed E-state index contributed by atoms with van der Waals surface area (Å²) < 4.78 is 168. The number of aromatic nitrogens is 6. The van der Waals surface area contributed by atoms with Gasteiger partial charge < -0.3 is 9.54 Å². The third-order valence-corrected chi connectivity index (χ3v) is 8.51. The number of nitrogens with one attached hydrogen (secondary N) is 1. The number of aromatic amines is 1. The number of nitrogens with zero attached hydrogens (tertiary/aromatic N) is 5. The first-order valence-corrected chi connectivity index (χ1v) is 18.8. The van der Waals surface area contributed by atoms with Gasteiger partial charge in [0.05, 0.1) is 29.1 Å². The third kappa shape index (κ3) is 12.2. The summed E-state index contributed by atoms with van der Waals surface area (Å²) in [6, 6.07) is 21.2. The van der Waals surface area contributed by atoms with E-state index in [2.05, 4.69) is 15.0 Å².